The quantitative estimate of drug-likeness (QED) is 0.911. The van der Waals surface area contributed by atoms with E-state index in [0.29, 0.717) is 0 Å². The SMILES string of the molecule is COc1ccc(N2CCNC2c2ccccc2)cc1. The van der Waals surface area contributed by atoms with Crippen molar-refractivity contribution in [2.24, 2.45) is 0 Å². The number of methoxy groups -OCH3 is 1. The van der Waals surface area contributed by atoms with E-state index in [2.05, 4.69) is 52.7 Å². The summed E-state index contributed by atoms with van der Waals surface area (Å²) < 4.78 is 5.21. The molecule has 1 aliphatic rings. The van der Waals surface area contributed by atoms with Gasteiger partial charge in [0.05, 0.1) is 7.11 Å². The van der Waals surface area contributed by atoms with Gasteiger partial charge in [0.25, 0.3) is 0 Å². The molecular weight excluding hydrogens is 236 g/mol. The van der Waals surface area contributed by atoms with Gasteiger partial charge in [-0.15, -0.1) is 0 Å². The van der Waals surface area contributed by atoms with Gasteiger partial charge < -0.3 is 9.64 Å². The number of hydrogen-bond acceptors (Lipinski definition) is 3. The number of hydrogen-bond donors (Lipinski definition) is 1. The Labute approximate surface area is 113 Å². The van der Waals surface area contributed by atoms with Crippen LogP contribution in [0, 0.1) is 0 Å². The van der Waals surface area contributed by atoms with Crippen LogP contribution in [0.3, 0.4) is 0 Å². The van der Waals surface area contributed by atoms with E-state index in [4.69, 9.17) is 4.74 Å². The second-order valence-electron chi connectivity index (χ2n) is 4.66. The maximum absolute atomic E-state index is 5.21. The van der Waals surface area contributed by atoms with E-state index >= 15 is 0 Å². The molecular formula is C16H18N2O. The Morgan fingerprint density at radius 1 is 1.05 bits per heavy atom. The van der Waals surface area contributed by atoms with Crippen LogP contribution < -0.4 is 15.0 Å². The molecule has 1 heterocycles. The van der Waals surface area contributed by atoms with E-state index in [1.807, 2.05) is 12.1 Å². The predicted molar refractivity (Wildman–Crippen MR) is 77.5 cm³/mol. The molecule has 1 aliphatic heterocycles. The van der Waals surface area contributed by atoms with E-state index in [0.717, 1.165) is 18.8 Å². The van der Waals surface area contributed by atoms with Gasteiger partial charge in [-0.2, -0.15) is 0 Å². The summed E-state index contributed by atoms with van der Waals surface area (Å²) in [5.74, 6) is 0.896. The number of benzene rings is 2. The summed E-state index contributed by atoms with van der Waals surface area (Å²) in [6.45, 7) is 2.03. The summed E-state index contributed by atoms with van der Waals surface area (Å²) in [4.78, 5) is 2.38. The zero-order valence-corrected chi connectivity index (χ0v) is 11.0. The highest BCUT2D eigenvalue weighted by atomic mass is 16.5. The van der Waals surface area contributed by atoms with Gasteiger partial charge in [-0.05, 0) is 29.8 Å². The first kappa shape index (κ1) is 12.1. The van der Waals surface area contributed by atoms with Crippen LogP contribution in [0.1, 0.15) is 11.7 Å². The van der Waals surface area contributed by atoms with Gasteiger partial charge in [-0.1, -0.05) is 30.3 Å². The van der Waals surface area contributed by atoms with Gasteiger partial charge in [-0.3, -0.25) is 5.32 Å². The van der Waals surface area contributed by atoms with Gasteiger partial charge in [0, 0.05) is 18.8 Å². The van der Waals surface area contributed by atoms with Crippen molar-refractivity contribution in [2.75, 3.05) is 25.1 Å². The fourth-order valence-corrected chi connectivity index (χ4v) is 2.55. The van der Waals surface area contributed by atoms with Crippen molar-refractivity contribution in [3.63, 3.8) is 0 Å². The molecule has 0 radical (unpaired) electrons. The molecule has 0 bridgehead atoms. The Morgan fingerprint density at radius 2 is 1.79 bits per heavy atom. The molecule has 1 fully saturated rings. The average Bonchev–Trinajstić information content (AvgIpc) is 2.98. The molecule has 1 unspecified atom stereocenters. The van der Waals surface area contributed by atoms with Crippen LogP contribution >= 0.6 is 0 Å². The van der Waals surface area contributed by atoms with E-state index in [1.165, 1.54) is 11.3 Å². The normalized spacial score (nSPS) is 18.6. The minimum atomic E-state index is 0.259. The Balaban J connectivity index is 1.86. The fourth-order valence-electron chi connectivity index (χ4n) is 2.55. The van der Waals surface area contributed by atoms with Crippen molar-refractivity contribution in [3.8, 4) is 5.75 Å². The molecule has 3 heteroatoms. The first-order chi connectivity index (χ1) is 9.38. The van der Waals surface area contributed by atoms with Crippen molar-refractivity contribution in [1.82, 2.24) is 5.32 Å². The summed E-state index contributed by atoms with van der Waals surface area (Å²) in [6.07, 6.45) is 0.259. The summed E-state index contributed by atoms with van der Waals surface area (Å²) in [5.41, 5.74) is 2.52. The minimum Gasteiger partial charge on any atom is -0.497 e. The van der Waals surface area contributed by atoms with Crippen molar-refractivity contribution in [1.29, 1.82) is 0 Å². The summed E-state index contributed by atoms with van der Waals surface area (Å²) in [5, 5.41) is 3.54. The second kappa shape index (κ2) is 5.33. The van der Waals surface area contributed by atoms with Crippen molar-refractivity contribution < 1.29 is 4.74 Å². The molecule has 0 spiro atoms. The van der Waals surface area contributed by atoms with E-state index < -0.39 is 0 Å². The molecule has 3 rings (SSSR count). The average molecular weight is 254 g/mol. The molecule has 0 aromatic heterocycles. The van der Waals surface area contributed by atoms with E-state index in [1.54, 1.807) is 7.11 Å². The molecule has 2 aromatic carbocycles. The summed E-state index contributed by atoms with van der Waals surface area (Å²) >= 11 is 0. The molecule has 19 heavy (non-hydrogen) atoms. The lowest BCUT2D eigenvalue weighted by atomic mass is 10.1. The van der Waals surface area contributed by atoms with E-state index in [9.17, 15) is 0 Å². The van der Waals surface area contributed by atoms with Crippen LogP contribution in [-0.4, -0.2) is 20.2 Å². The smallest absolute Gasteiger partial charge is 0.119 e. The van der Waals surface area contributed by atoms with Crippen LogP contribution in [-0.2, 0) is 0 Å². The lowest BCUT2D eigenvalue weighted by molar-refractivity contribution is 0.415. The molecule has 98 valence electrons. The third-order valence-corrected chi connectivity index (χ3v) is 3.52. The molecule has 2 aromatic rings. The summed E-state index contributed by atoms with van der Waals surface area (Å²) in [7, 11) is 1.69. The fraction of sp³-hybridized carbons (Fsp3) is 0.250. The molecule has 1 saturated heterocycles. The maximum atomic E-state index is 5.21. The summed E-state index contributed by atoms with van der Waals surface area (Å²) in [6, 6.07) is 18.8. The predicted octanol–water partition coefficient (Wildman–Crippen LogP) is 2.80. The number of rotatable bonds is 3. The number of ether oxygens (including phenoxy) is 1. The highest BCUT2D eigenvalue weighted by Crippen LogP contribution is 2.29. The van der Waals surface area contributed by atoms with Gasteiger partial charge in [-0.25, -0.2) is 0 Å². The molecule has 0 amide bonds. The second-order valence-corrected chi connectivity index (χ2v) is 4.66. The van der Waals surface area contributed by atoms with Crippen LogP contribution in [0.25, 0.3) is 0 Å². The molecule has 1 N–H and O–H groups in total. The standard InChI is InChI=1S/C16H18N2O/c1-19-15-9-7-14(8-10-15)18-12-11-17-16(18)13-5-3-2-4-6-13/h2-10,16-17H,11-12H2,1H3. The third-order valence-electron chi connectivity index (χ3n) is 3.52. The molecule has 1 atom stereocenters. The van der Waals surface area contributed by atoms with Crippen LogP contribution in [0.15, 0.2) is 54.6 Å². The number of anilines is 1. The van der Waals surface area contributed by atoms with Crippen molar-refractivity contribution in [2.45, 2.75) is 6.17 Å². The van der Waals surface area contributed by atoms with Crippen LogP contribution in [0.2, 0.25) is 0 Å². The highest BCUT2D eigenvalue weighted by Gasteiger charge is 2.25. The monoisotopic (exact) mass is 254 g/mol. The lowest BCUT2D eigenvalue weighted by Gasteiger charge is -2.26. The van der Waals surface area contributed by atoms with Gasteiger partial charge >= 0.3 is 0 Å². The topological polar surface area (TPSA) is 24.5 Å². The molecule has 0 aliphatic carbocycles. The zero-order valence-electron chi connectivity index (χ0n) is 11.0. The number of nitrogens with zero attached hydrogens (tertiary/aromatic N) is 1. The van der Waals surface area contributed by atoms with Crippen molar-refractivity contribution in [3.05, 3.63) is 60.2 Å². The Kier molecular flexibility index (Phi) is 3.38. The Hall–Kier alpha value is -2.00. The largest absolute Gasteiger partial charge is 0.497 e. The zero-order chi connectivity index (χ0) is 13.1. The first-order valence-corrected chi connectivity index (χ1v) is 6.57. The Morgan fingerprint density at radius 3 is 2.47 bits per heavy atom. The van der Waals surface area contributed by atoms with Gasteiger partial charge in [0.15, 0.2) is 0 Å². The van der Waals surface area contributed by atoms with Crippen LogP contribution in [0.4, 0.5) is 5.69 Å². The van der Waals surface area contributed by atoms with E-state index in [-0.39, 0.29) is 6.17 Å². The van der Waals surface area contributed by atoms with Crippen LogP contribution in [0.5, 0.6) is 5.75 Å². The lowest BCUT2D eigenvalue weighted by Crippen LogP contribution is -2.27. The maximum Gasteiger partial charge on any atom is 0.119 e. The molecule has 0 saturated carbocycles. The van der Waals surface area contributed by atoms with Crippen molar-refractivity contribution >= 4 is 5.69 Å². The minimum absolute atomic E-state index is 0.259. The number of nitrogens with one attached hydrogen (secondary N) is 1. The van der Waals surface area contributed by atoms with Gasteiger partial charge in [0.2, 0.25) is 0 Å². The Bertz CT molecular complexity index is 524. The highest BCUT2D eigenvalue weighted by molar-refractivity contribution is 5.52. The third kappa shape index (κ3) is 2.42. The molecule has 3 nitrogen and oxygen atoms in total. The van der Waals surface area contributed by atoms with Gasteiger partial charge in [0.1, 0.15) is 11.9 Å². The first-order valence-electron chi connectivity index (χ1n) is 6.57.